The van der Waals surface area contributed by atoms with Crippen molar-refractivity contribution in [2.45, 2.75) is 57.0 Å². The van der Waals surface area contributed by atoms with Gasteiger partial charge in [0, 0.05) is 34.8 Å². The van der Waals surface area contributed by atoms with Gasteiger partial charge in [0.05, 0.1) is 18.4 Å². The Hall–Kier alpha value is -2.15. The van der Waals surface area contributed by atoms with E-state index in [9.17, 15) is 9.90 Å². The van der Waals surface area contributed by atoms with Crippen molar-refractivity contribution in [3.8, 4) is 5.75 Å². The average Bonchev–Trinajstić information content (AvgIpc) is 3.03. The third kappa shape index (κ3) is 5.07. The molecule has 1 amide bonds. The van der Waals surface area contributed by atoms with Crippen LogP contribution in [0.2, 0.25) is 5.02 Å². The molecule has 5 atom stereocenters. The fraction of sp³-hybridized carbons (Fsp3) is 0.516. The van der Waals surface area contributed by atoms with Crippen LogP contribution in [0, 0.1) is 17.8 Å². The fourth-order valence-corrected chi connectivity index (χ4v) is 7.75. The van der Waals surface area contributed by atoms with Gasteiger partial charge < -0.3 is 14.7 Å². The second-order valence-corrected chi connectivity index (χ2v) is 13.0. The normalized spacial score (nSPS) is 32.2. The van der Waals surface area contributed by atoms with Crippen LogP contribution in [0.1, 0.15) is 60.5 Å². The van der Waals surface area contributed by atoms with Crippen LogP contribution < -0.4 is 14.4 Å². The molecule has 2 N–H and O–H groups in total. The largest absolute Gasteiger partial charge is 0.490 e. The predicted molar refractivity (Wildman–Crippen MR) is 155 cm³/mol. The van der Waals surface area contributed by atoms with E-state index in [1.54, 1.807) is 0 Å². The van der Waals surface area contributed by atoms with Crippen molar-refractivity contribution in [3.63, 3.8) is 0 Å². The van der Waals surface area contributed by atoms with Crippen molar-refractivity contribution in [2.75, 3.05) is 30.3 Å². The van der Waals surface area contributed by atoms with E-state index in [2.05, 4.69) is 40.8 Å². The summed E-state index contributed by atoms with van der Waals surface area (Å²) in [7, 11) is 0. The Morgan fingerprint density at radius 3 is 2.95 bits per heavy atom. The van der Waals surface area contributed by atoms with Crippen LogP contribution in [0.5, 0.6) is 5.75 Å². The number of hydrogen-bond acceptors (Lipinski definition) is 5. The molecule has 6 rings (SSSR count). The molecule has 2 aromatic rings. The highest BCUT2D eigenvalue weighted by Crippen LogP contribution is 2.46. The van der Waals surface area contributed by atoms with Crippen LogP contribution in [-0.2, 0) is 11.8 Å². The number of halogens is 1. The Morgan fingerprint density at radius 1 is 1.21 bits per heavy atom. The number of allylic oxidation sites excluding steroid dienone is 1. The van der Waals surface area contributed by atoms with Crippen molar-refractivity contribution in [3.05, 3.63) is 70.3 Å². The highest BCUT2D eigenvalue weighted by Gasteiger charge is 2.44. The van der Waals surface area contributed by atoms with Gasteiger partial charge in [-0.05, 0) is 110 Å². The Balaban J connectivity index is 1.38. The van der Waals surface area contributed by atoms with Gasteiger partial charge in [-0.1, -0.05) is 36.7 Å². The number of nitrogens with one attached hydrogen (secondary N) is 1. The highest BCUT2D eigenvalue weighted by atomic mass is 35.5. The monoisotopic (exact) mass is 552 g/mol. The number of carbonyl (C=O) groups excluding carboxylic acids is 1. The maximum Gasteiger partial charge on any atom is 0.261 e. The van der Waals surface area contributed by atoms with E-state index >= 15 is 0 Å². The van der Waals surface area contributed by atoms with Gasteiger partial charge in [-0.3, -0.25) is 9.52 Å². The van der Waals surface area contributed by atoms with Crippen LogP contribution in [-0.4, -0.2) is 42.6 Å². The van der Waals surface area contributed by atoms with E-state index in [-0.39, 0.29) is 17.4 Å². The summed E-state index contributed by atoms with van der Waals surface area (Å²) in [5.41, 5.74) is 4.15. The first-order valence-electron chi connectivity index (χ1n) is 14.0. The number of ether oxygens (including phenoxy) is 1. The lowest BCUT2D eigenvalue weighted by Gasteiger charge is -2.45. The number of anilines is 1. The third-order valence-electron chi connectivity index (χ3n) is 9.08. The highest BCUT2D eigenvalue weighted by molar-refractivity contribution is 7.97. The van der Waals surface area contributed by atoms with Crippen LogP contribution in [0.25, 0.3) is 0 Å². The first kappa shape index (κ1) is 26.1. The van der Waals surface area contributed by atoms with E-state index in [1.807, 2.05) is 24.3 Å². The Labute approximate surface area is 235 Å². The number of aliphatic hydroxyl groups excluding tert-OH is 1. The molecule has 2 aromatic carbocycles. The molecule has 0 saturated heterocycles. The summed E-state index contributed by atoms with van der Waals surface area (Å²) in [5.74, 6) is 2.57. The summed E-state index contributed by atoms with van der Waals surface area (Å²) in [6, 6.07) is 12.2. The fourth-order valence-electron chi connectivity index (χ4n) is 6.84. The van der Waals surface area contributed by atoms with Gasteiger partial charge in [0.15, 0.2) is 0 Å². The van der Waals surface area contributed by atoms with Gasteiger partial charge >= 0.3 is 0 Å². The number of amides is 1. The lowest BCUT2D eigenvalue weighted by atomic mass is 9.68. The zero-order valence-electron chi connectivity index (χ0n) is 22.0. The van der Waals surface area contributed by atoms with Crippen LogP contribution >= 0.6 is 23.5 Å². The van der Waals surface area contributed by atoms with Crippen LogP contribution in [0.4, 0.5) is 5.69 Å². The number of rotatable bonds is 0. The molecule has 0 radical (unpaired) electrons. The molecule has 2 heterocycles. The van der Waals surface area contributed by atoms with E-state index < -0.39 is 0 Å². The van der Waals surface area contributed by atoms with E-state index in [0.29, 0.717) is 36.3 Å². The molecular weight excluding hydrogens is 516 g/mol. The smallest absolute Gasteiger partial charge is 0.261 e. The topological polar surface area (TPSA) is 61.8 Å². The second-order valence-electron chi connectivity index (χ2n) is 11.7. The third-order valence-corrected chi connectivity index (χ3v) is 10.3. The molecule has 7 heteroatoms. The molecule has 202 valence electrons. The number of nitrogens with zero attached hydrogens (tertiary/aromatic N) is 1. The maximum atomic E-state index is 13.1. The summed E-state index contributed by atoms with van der Waals surface area (Å²) in [6.07, 6.45) is 10.0. The molecule has 1 spiro atoms. The van der Waals surface area contributed by atoms with E-state index in [4.69, 9.17) is 16.3 Å². The van der Waals surface area contributed by atoms with Crippen molar-refractivity contribution in [1.29, 1.82) is 0 Å². The molecule has 2 aliphatic heterocycles. The zero-order valence-corrected chi connectivity index (χ0v) is 23.6. The molecular formula is C31H37ClN2O3S. The van der Waals surface area contributed by atoms with Crippen molar-refractivity contribution in [1.82, 2.24) is 4.72 Å². The number of fused-ring (bicyclic) bond motifs is 4. The molecule has 5 nitrogen and oxygen atoms in total. The number of hydrogen-bond donors (Lipinski definition) is 2. The van der Waals surface area contributed by atoms with Gasteiger partial charge in [-0.15, -0.1) is 0 Å². The molecule has 38 heavy (non-hydrogen) atoms. The SMILES string of the molecule is C[C@H]1/C=C\C[C@H](O)[C@@H]2CC[C@H]2CN2C[C@@]3(CCCc4cc(Cl)ccc43)COc3ccc(cc32)C(=O)NSC1. The van der Waals surface area contributed by atoms with Gasteiger partial charge in [0.25, 0.3) is 5.91 Å². The number of aryl methyl sites for hydroxylation is 1. The summed E-state index contributed by atoms with van der Waals surface area (Å²) in [5, 5.41) is 11.9. The molecule has 1 fully saturated rings. The van der Waals surface area contributed by atoms with E-state index in [0.717, 1.165) is 67.4 Å². The van der Waals surface area contributed by atoms with Crippen LogP contribution in [0.3, 0.4) is 0 Å². The summed E-state index contributed by atoms with van der Waals surface area (Å²) in [6.45, 7) is 4.42. The Kier molecular flexibility index (Phi) is 7.41. The molecule has 2 aliphatic carbocycles. The number of aliphatic hydroxyl groups is 1. The Morgan fingerprint density at radius 2 is 2.11 bits per heavy atom. The summed E-state index contributed by atoms with van der Waals surface area (Å²) in [4.78, 5) is 15.6. The van der Waals surface area contributed by atoms with Gasteiger partial charge in [-0.25, -0.2) is 0 Å². The van der Waals surface area contributed by atoms with Gasteiger partial charge in [0.1, 0.15) is 5.75 Å². The average molecular weight is 553 g/mol. The minimum absolute atomic E-state index is 0.0745. The molecule has 1 saturated carbocycles. The van der Waals surface area contributed by atoms with E-state index in [1.165, 1.54) is 23.1 Å². The second kappa shape index (κ2) is 10.8. The number of carbonyl (C=O) groups is 1. The lowest BCUT2D eigenvalue weighted by molar-refractivity contribution is 0.0177. The summed E-state index contributed by atoms with van der Waals surface area (Å²) >= 11 is 7.83. The number of benzene rings is 2. The molecule has 4 aliphatic rings. The first-order chi connectivity index (χ1) is 18.4. The van der Waals surface area contributed by atoms with Crippen molar-refractivity contribution < 1.29 is 14.6 Å². The molecule has 2 bridgehead atoms. The molecule has 0 unspecified atom stereocenters. The first-order valence-corrected chi connectivity index (χ1v) is 15.4. The lowest BCUT2D eigenvalue weighted by Crippen LogP contribution is -2.49. The van der Waals surface area contributed by atoms with Gasteiger partial charge in [-0.2, -0.15) is 0 Å². The van der Waals surface area contributed by atoms with Crippen molar-refractivity contribution >= 4 is 35.1 Å². The maximum absolute atomic E-state index is 13.1. The van der Waals surface area contributed by atoms with Crippen molar-refractivity contribution in [2.24, 2.45) is 17.8 Å². The Bertz CT molecular complexity index is 1240. The minimum atomic E-state index is -0.321. The van der Waals surface area contributed by atoms with Crippen LogP contribution in [0.15, 0.2) is 48.6 Å². The standard InChI is InChI=1S/C31H37ClN2O3S/c1-20-4-2-6-28(35)25-10-7-23(25)16-34-18-31(13-3-5-21-14-24(32)9-11-26(21)31)19-37-29-12-8-22(15-27(29)34)30(36)33-38-17-20/h2,4,8-9,11-12,14-15,20,23,25,28,35H,3,5-7,10,13,16-19H2,1H3,(H,33,36)/b4-2-/t20-,23-,25+,28-,31-/m0/s1. The quantitative estimate of drug-likeness (QED) is 0.302. The zero-order chi connectivity index (χ0) is 26.3. The predicted octanol–water partition coefficient (Wildman–Crippen LogP) is 6.17. The molecule has 0 aromatic heterocycles. The van der Waals surface area contributed by atoms with Gasteiger partial charge in [0.2, 0.25) is 0 Å². The summed E-state index contributed by atoms with van der Waals surface area (Å²) < 4.78 is 9.60. The minimum Gasteiger partial charge on any atom is -0.490 e.